The summed E-state index contributed by atoms with van der Waals surface area (Å²) in [7, 11) is 6.56. The third-order valence-electron chi connectivity index (χ3n) is 6.14. The largest absolute Gasteiger partial charge is 0.501 e. The lowest BCUT2D eigenvalue weighted by Gasteiger charge is -2.47. The number of nitrogens with zero attached hydrogens (tertiary/aromatic N) is 4. The van der Waals surface area contributed by atoms with Gasteiger partial charge in [0.15, 0.2) is 11.8 Å². The Bertz CT molecular complexity index is 1320. The van der Waals surface area contributed by atoms with Crippen LogP contribution in [0.25, 0.3) is 0 Å². The van der Waals surface area contributed by atoms with Crippen molar-refractivity contribution in [1.29, 1.82) is 0 Å². The molecule has 0 aliphatic carbocycles. The normalized spacial score (nSPS) is 11.8. The molecule has 0 fully saturated rings. The van der Waals surface area contributed by atoms with Crippen LogP contribution in [0.3, 0.4) is 0 Å². The Kier molecular flexibility index (Phi) is 10.7. The second-order valence-corrected chi connectivity index (χ2v) is 13.1. The first kappa shape index (κ1) is 31.2. The average Bonchev–Trinajstić information content (AvgIpc) is 2.99. The van der Waals surface area contributed by atoms with Crippen molar-refractivity contribution in [3.8, 4) is 28.7 Å². The van der Waals surface area contributed by atoms with Gasteiger partial charge in [-0.25, -0.2) is 9.34 Å². The first-order chi connectivity index (χ1) is 20.3. The number of halogens is 1. The van der Waals surface area contributed by atoms with E-state index in [0.717, 1.165) is 0 Å². The Morgan fingerprint density at radius 2 is 0.952 bits per heavy atom. The molecule has 11 heteroatoms. The minimum absolute atomic E-state index is 0.0532. The van der Waals surface area contributed by atoms with Crippen molar-refractivity contribution >= 4 is 19.1 Å². The molecule has 4 aromatic rings. The number of para-hydroxylation sites is 3. The molecule has 0 radical (unpaired) electrons. The average molecular weight is 611 g/mol. The van der Waals surface area contributed by atoms with E-state index in [1.54, 1.807) is 24.3 Å². The van der Waals surface area contributed by atoms with Crippen LogP contribution in [0, 0.1) is 0 Å². The molecule has 0 unspecified atom stereocenters. The van der Waals surface area contributed by atoms with Gasteiger partial charge >= 0.3 is 6.10 Å². The van der Waals surface area contributed by atoms with Gasteiger partial charge in [-0.15, -0.1) is 4.67 Å². The summed E-state index contributed by atoms with van der Waals surface area (Å²) >= 11 is 5.70. The van der Waals surface area contributed by atoms with E-state index in [1.807, 2.05) is 140 Å². The summed E-state index contributed by atoms with van der Waals surface area (Å²) in [4.78, 5) is 11.0. The van der Waals surface area contributed by atoms with Crippen LogP contribution in [0.5, 0.6) is 28.7 Å². The molecule has 4 aromatic carbocycles. The van der Waals surface area contributed by atoms with Crippen LogP contribution in [0.15, 0.2) is 120 Å². The van der Waals surface area contributed by atoms with E-state index in [-0.39, 0.29) is 6.07 Å². The first-order valence-electron chi connectivity index (χ1n) is 13.2. The Labute approximate surface area is 252 Å². The third-order valence-corrected chi connectivity index (χ3v) is 9.75. The number of alkyl halides is 1. The van der Waals surface area contributed by atoms with Crippen molar-refractivity contribution in [3.05, 3.63) is 115 Å². The molecule has 0 amide bonds. The molecule has 0 saturated carbocycles. The zero-order chi connectivity index (χ0) is 30.0. The third kappa shape index (κ3) is 7.37. The Morgan fingerprint density at radius 1 is 0.571 bits per heavy atom. The molecule has 4 rings (SSSR count). The second-order valence-electron chi connectivity index (χ2n) is 9.42. The van der Waals surface area contributed by atoms with Crippen molar-refractivity contribution in [1.82, 2.24) is 14.0 Å². The van der Waals surface area contributed by atoms with Gasteiger partial charge in [-0.3, -0.25) is 0 Å². The van der Waals surface area contributed by atoms with Crippen molar-refractivity contribution in [2.24, 2.45) is 4.91 Å². The van der Waals surface area contributed by atoms with Gasteiger partial charge in [0.1, 0.15) is 23.0 Å². The van der Waals surface area contributed by atoms with Gasteiger partial charge in [0, 0.05) is 7.05 Å². The smallest absolute Gasteiger partial charge is 0.478 e. The molecular weight excluding hydrogens is 575 g/mol. The van der Waals surface area contributed by atoms with Crippen LogP contribution in [0.2, 0.25) is 0 Å². The summed E-state index contributed by atoms with van der Waals surface area (Å²) in [6.07, 6.45) is -1.85. The van der Waals surface area contributed by atoms with Gasteiger partial charge in [0.2, 0.25) is 7.51 Å². The van der Waals surface area contributed by atoms with Gasteiger partial charge in [0.25, 0.3) is 0 Å². The lowest BCUT2D eigenvalue weighted by Crippen LogP contribution is -2.61. The van der Waals surface area contributed by atoms with Crippen LogP contribution >= 0.6 is 19.1 Å². The van der Waals surface area contributed by atoms with E-state index in [1.165, 1.54) is 0 Å². The highest BCUT2D eigenvalue weighted by Gasteiger charge is 2.54. The molecule has 0 aliphatic rings. The summed E-state index contributed by atoms with van der Waals surface area (Å²) in [6.45, 7) is 0. The van der Waals surface area contributed by atoms with E-state index in [2.05, 4.69) is 0 Å². The molecule has 0 aromatic heterocycles. The fraction of sp³-hybridized carbons (Fsp3) is 0.226. The summed E-state index contributed by atoms with van der Waals surface area (Å²) in [5, 5.41) is 0. The van der Waals surface area contributed by atoms with Crippen LogP contribution in [0.1, 0.15) is 0 Å². The van der Waals surface area contributed by atoms with E-state index in [0.29, 0.717) is 28.7 Å². The number of rotatable bonds is 14. The first-order valence-corrected chi connectivity index (χ1v) is 15.3. The van der Waals surface area contributed by atoms with Gasteiger partial charge in [-0.2, -0.15) is 0 Å². The predicted octanol–water partition coefficient (Wildman–Crippen LogP) is 7.41. The monoisotopic (exact) mass is 610 g/mol. The van der Waals surface area contributed by atoms with Crippen LogP contribution in [-0.2, 0) is 0 Å². The molecule has 0 saturated heterocycles. The lowest BCUT2D eigenvalue weighted by molar-refractivity contribution is -0.311. The fourth-order valence-corrected chi connectivity index (χ4v) is 7.17. The van der Waals surface area contributed by atoms with Crippen molar-refractivity contribution in [3.63, 3.8) is 0 Å². The minimum Gasteiger partial charge on any atom is -0.478 e. The quantitative estimate of drug-likeness (QED) is 0.0633. The summed E-state index contributed by atoms with van der Waals surface area (Å²) in [6, 6.07) is 35.2. The molecule has 0 atom stereocenters. The maximum Gasteiger partial charge on any atom is 0.501 e. The van der Waals surface area contributed by atoms with E-state index >= 15 is 0 Å². The Hall–Kier alpha value is -3.72. The number of ether oxygens (including phenoxy) is 4. The van der Waals surface area contributed by atoms with Crippen molar-refractivity contribution < 1.29 is 23.8 Å². The summed E-state index contributed by atoms with van der Waals surface area (Å²) in [5.41, 5.74) is 0. The van der Waals surface area contributed by atoms with Gasteiger partial charge in [-0.05, 0) is 88.9 Å². The van der Waals surface area contributed by atoms with Crippen molar-refractivity contribution in [2.45, 2.75) is 6.10 Å². The highest BCUT2D eigenvalue weighted by atomic mass is 35.5. The zero-order valence-corrected chi connectivity index (χ0v) is 26.0. The van der Waals surface area contributed by atoms with E-state index in [9.17, 15) is 0 Å². The highest BCUT2D eigenvalue weighted by molar-refractivity contribution is 7.58. The van der Waals surface area contributed by atoms with Crippen LogP contribution in [0.4, 0.5) is 0 Å². The minimum atomic E-state index is -2.98. The van der Waals surface area contributed by atoms with E-state index < -0.39 is 13.6 Å². The van der Waals surface area contributed by atoms with Crippen LogP contribution < -0.4 is 23.8 Å². The van der Waals surface area contributed by atoms with Gasteiger partial charge in [0.05, 0.1) is 0 Å². The molecule has 0 N–H and O–H groups in total. The number of hydrogen-bond donors (Lipinski definition) is 0. The Morgan fingerprint density at radius 3 is 1.31 bits per heavy atom. The maximum atomic E-state index is 6.68. The highest BCUT2D eigenvalue weighted by Crippen LogP contribution is 2.59. The number of hydrogen-bond acceptors (Lipinski definition) is 6. The predicted molar refractivity (Wildman–Crippen MR) is 167 cm³/mol. The molecule has 222 valence electrons. The molecule has 0 bridgehead atoms. The second kappa shape index (κ2) is 14.4. The van der Waals surface area contributed by atoms with Gasteiger partial charge in [-0.1, -0.05) is 71.1 Å². The van der Waals surface area contributed by atoms with E-state index in [4.69, 9.17) is 40.3 Å². The molecule has 0 heterocycles. The zero-order valence-electron chi connectivity index (χ0n) is 24.3. The molecule has 0 aliphatic heterocycles. The van der Waals surface area contributed by atoms with Gasteiger partial charge < -0.3 is 23.8 Å². The SMILES string of the molecule is CN(C)P(=NOc1ccc(OCCl)cc1)(N(C)C)N(C)C(Oc1ccccc1)(Oc1ccccc1)Oc1ccccc1. The maximum absolute atomic E-state index is 6.68. The fourth-order valence-electron chi connectivity index (χ4n) is 4.19. The molecule has 9 nitrogen and oxygen atoms in total. The molecule has 42 heavy (non-hydrogen) atoms. The summed E-state index contributed by atoms with van der Waals surface area (Å²) in [5.74, 6) is 2.73. The summed E-state index contributed by atoms with van der Waals surface area (Å²) < 4.78 is 31.2. The lowest BCUT2D eigenvalue weighted by atomic mass is 10.3. The topological polar surface area (TPSA) is 68.2 Å². The van der Waals surface area contributed by atoms with Crippen molar-refractivity contribution in [2.75, 3.05) is 41.3 Å². The standard InChI is InChI=1S/C31H36ClN4O5P/c1-34(2)42(35(3)4,33-41-30-23-21-26(22-24-30)37-25-32)36(5)31(38-27-15-9-6-10-16-27,39-28-17-11-7-12-18-28)40-29-19-13-8-14-20-29/h6-24H,25H2,1-5H3. The molecule has 0 spiro atoms. The Balaban J connectivity index is 1.89. The van der Waals surface area contributed by atoms with Crippen LogP contribution in [-0.4, -0.2) is 61.4 Å². The molecular formula is C31H36ClN4O5P. The number of benzene rings is 4.